The summed E-state index contributed by atoms with van der Waals surface area (Å²) in [6.45, 7) is 6.65. The highest BCUT2D eigenvalue weighted by Gasteiger charge is 2.24. The third kappa shape index (κ3) is 5.40. The van der Waals surface area contributed by atoms with Crippen molar-refractivity contribution < 1.29 is 0 Å². The number of aromatic nitrogens is 2. The van der Waals surface area contributed by atoms with Crippen LogP contribution in [0.3, 0.4) is 0 Å². The molecule has 1 aliphatic carbocycles. The molecule has 1 aromatic carbocycles. The molecule has 146 valence electrons. The van der Waals surface area contributed by atoms with Crippen molar-refractivity contribution >= 4 is 0 Å². The first-order valence-corrected chi connectivity index (χ1v) is 11.1. The molecule has 1 fully saturated rings. The van der Waals surface area contributed by atoms with Crippen LogP contribution in [0.25, 0.3) is 11.1 Å². The first kappa shape index (κ1) is 20.0. The lowest BCUT2D eigenvalue weighted by Gasteiger charge is -2.28. The number of benzene rings is 1. The molecule has 1 heterocycles. The number of nitrogens with zero attached hydrogens (tertiary/aromatic N) is 2. The molecular formula is C25H36N2. The predicted molar refractivity (Wildman–Crippen MR) is 115 cm³/mol. The highest BCUT2D eigenvalue weighted by Crippen LogP contribution is 2.37. The predicted octanol–water partition coefficient (Wildman–Crippen LogP) is 7.26. The van der Waals surface area contributed by atoms with E-state index in [9.17, 15) is 0 Å². The third-order valence-electron chi connectivity index (χ3n) is 6.23. The van der Waals surface area contributed by atoms with Gasteiger partial charge in [0.25, 0.3) is 0 Å². The molecule has 0 bridgehead atoms. The summed E-state index contributed by atoms with van der Waals surface area (Å²) in [7, 11) is 0. The Bertz CT molecular complexity index is 697. The summed E-state index contributed by atoms with van der Waals surface area (Å²) < 4.78 is 0. The molecule has 3 rings (SSSR count). The summed E-state index contributed by atoms with van der Waals surface area (Å²) >= 11 is 0. The van der Waals surface area contributed by atoms with E-state index in [4.69, 9.17) is 9.97 Å². The van der Waals surface area contributed by atoms with E-state index in [2.05, 4.69) is 51.2 Å². The van der Waals surface area contributed by atoms with Crippen LogP contribution in [0.5, 0.6) is 0 Å². The van der Waals surface area contributed by atoms with Gasteiger partial charge in [-0.25, -0.2) is 9.97 Å². The number of rotatable bonds is 8. The fourth-order valence-corrected chi connectivity index (χ4v) is 4.50. The average Bonchev–Trinajstić information content (AvgIpc) is 2.70. The van der Waals surface area contributed by atoms with Crippen molar-refractivity contribution in [3.63, 3.8) is 0 Å². The molecule has 0 amide bonds. The molecule has 1 aliphatic rings. The molecule has 27 heavy (non-hydrogen) atoms. The Kier molecular flexibility index (Phi) is 7.43. The van der Waals surface area contributed by atoms with Gasteiger partial charge in [0.1, 0.15) is 5.82 Å². The van der Waals surface area contributed by atoms with Gasteiger partial charge in [-0.1, -0.05) is 70.2 Å². The molecule has 1 aromatic heterocycles. The largest absolute Gasteiger partial charge is 0.240 e. The van der Waals surface area contributed by atoms with E-state index in [1.54, 1.807) is 0 Å². The van der Waals surface area contributed by atoms with Crippen LogP contribution in [-0.4, -0.2) is 9.97 Å². The molecule has 0 radical (unpaired) electrons. The first-order chi connectivity index (χ1) is 13.2. The van der Waals surface area contributed by atoms with Crippen LogP contribution in [0.15, 0.2) is 30.5 Å². The van der Waals surface area contributed by atoms with Crippen LogP contribution in [0.4, 0.5) is 0 Å². The van der Waals surface area contributed by atoms with Crippen molar-refractivity contribution in [3.8, 4) is 11.1 Å². The second kappa shape index (κ2) is 10.0. The summed E-state index contributed by atoms with van der Waals surface area (Å²) in [5.41, 5.74) is 4.94. The highest BCUT2D eigenvalue weighted by molar-refractivity contribution is 5.65. The Balaban J connectivity index is 1.61. The van der Waals surface area contributed by atoms with Gasteiger partial charge in [-0.05, 0) is 56.1 Å². The second-order valence-electron chi connectivity index (χ2n) is 8.39. The SMILES string of the molecule is CCCCCC1CCC(c2ncc(-c3ccc(CCC)cc3)c(C)n2)CC1. The summed E-state index contributed by atoms with van der Waals surface area (Å²) in [4.78, 5) is 9.71. The maximum Gasteiger partial charge on any atom is 0.131 e. The minimum absolute atomic E-state index is 0.562. The van der Waals surface area contributed by atoms with Crippen molar-refractivity contribution in [1.82, 2.24) is 9.97 Å². The first-order valence-electron chi connectivity index (χ1n) is 11.1. The summed E-state index contributed by atoms with van der Waals surface area (Å²) in [6, 6.07) is 8.92. The molecule has 2 heteroatoms. The van der Waals surface area contributed by atoms with E-state index < -0.39 is 0 Å². The normalized spacial score (nSPS) is 20.0. The van der Waals surface area contributed by atoms with E-state index in [0.717, 1.165) is 23.9 Å². The van der Waals surface area contributed by atoms with Gasteiger partial charge in [0.15, 0.2) is 0 Å². The molecule has 0 aliphatic heterocycles. The molecule has 1 saturated carbocycles. The average molecular weight is 365 g/mol. The molecule has 2 nitrogen and oxygen atoms in total. The summed E-state index contributed by atoms with van der Waals surface area (Å²) in [5, 5.41) is 0. The lowest BCUT2D eigenvalue weighted by molar-refractivity contribution is 0.297. The van der Waals surface area contributed by atoms with Crippen LogP contribution in [0, 0.1) is 12.8 Å². The maximum absolute atomic E-state index is 4.92. The van der Waals surface area contributed by atoms with E-state index in [-0.39, 0.29) is 0 Å². The monoisotopic (exact) mass is 364 g/mol. The minimum Gasteiger partial charge on any atom is -0.240 e. The summed E-state index contributed by atoms with van der Waals surface area (Å²) in [5.74, 6) is 2.58. The van der Waals surface area contributed by atoms with E-state index >= 15 is 0 Å². The van der Waals surface area contributed by atoms with Gasteiger partial charge in [-0.3, -0.25) is 0 Å². The summed E-state index contributed by atoms with van der Waals surface area (Å²) in [6.07, 6.45) is 15.2. The highest BCUT2D eigenvalue weighted by atomic mass is 14.9. The van der Waals surface area contributed by atoms with Crippen molar-refractivity contribution in [3.05, 3.63) is 47.5 Å². The Morgan fingerprint density at radius 1 is 0.926 bits per heavy atom. The number of unbranched alkanes of at least 4 members (excludes halogenated alkanes) is 2. The standard InChI is InChI=1S/C25H36N2/c1-4-6-7-9-21-12-16-23(17-13-21)25-26-18-24(19(3)27-25)22-14-10-20(8-5-2)11-15-22/h10-11,14-15,18,21,23H,4-9,12-13,16-17H2,1-3H3. The molecule has 0 saturated heterocycles. The molecule has 0 spiro atoms. The Labute approximate surface area is 165 Å². The smallest absolute Gasteiger partial charge is 0.131 e. The number of aryl methyl sites for hydroxylation is 2. The van der Waals surface area contributed by atoms with Crippen molar-refractivity contribution in [2.75, 3.05) is 0 Å². The van der Waals surface area contributed by atoms with E-state index in [1.807, 2.05) is 0 Å². The van der Waals surface area contributed by atoms with Crippen molar-refractivity contribution in [2.45, 2.75) is 90.9 Å². The van der Waals surface area contributed by atoms with Crippen LogP contribution in [0.2, 0.25) is 0 Å². The zero-order valence-electron chi connectivity index (χ0n) is 17.5. The molecule has 0 N–H and O–H groups in total. The van der Waals surface area contributed by atoms with Gasteiger partial charge < -0.3 is 0 Å². The van der Waals surface area contributed by atoms with Crippen LogP contribution < -0.4 is 0 Å². The number of hydrogen-bond acceptors (Lipinski definition) is 2. The van der Waals surface area contributed by atoms with Gasteiger partial charge in [0.2, 0.25) is 0 Å². The fraction of sp³-hybridized carbons (Fsp3) is 0.600. The van der Waals surface area contributed by atoms with Gasteiger partial charge in [0, 0.05) is 23.4 Å². The Hall–Kier alpha value is -1.70. The van der Waals surface area contributed by atoms with Crippen LogP contribution in [-0.2, 0) is 6.42 Å². The molecule has 2 aromatic rings. The van der Waals surface area contributed by atoms with Gasteiger partial charge in [-0.2, -0.15) is 0 Å². The van der Waals surface area contributed by atoms with Gasteiger partial charge in [-0.15, -0.1) is 0 Å². The topological polar surface area (TPSA) is 25.8 Å². The quantitative estimate of drug-likeness (QED) is 0.461. The van der Waals surface area contributed by atoms with Crippen LogP contribution >= 0.6 is 0 Å². The Morgan fingerprint density at radius 2 is 1.67 bits per heavy atom. The Morgan fingerprint density at radius 3 is 2.30 bits per heavy atom. The van der Waals surface area contributed by atoms with E-state index in [0.29, 0.717) is 5.92 Å². The number of hydrogen-bond donors (Lipinski definition) is 0. The molecule has 0 unspecified atom stereocenters. The lowest BCUT2D eigenvalue weighted by atomic mass is 9.79. The zero-order valence-corrected chi connectivity index (χ0v) is 17.5. The zero-order chi connectivity index (χ0) is 19.1. The fourth-order valence-electron chi connectivity index (χ4n) is 4.50. The van der Waals surface area contributed by atoms with Crippen molar-refractivity contribution in [2.24, 2.45) is 5.92 Å². The molecule has 0 atom stereocenters. The van der Waals surface area contributed by atoms with Gasteiger partial charge >= 0.3 is 0 Å². The third-order valence-corrected chi connectivity index (χ3v) is 6.23. The lowest BCUT2D eigenvalue weighted by Crippen LogP contribution is -2.16. The van der Waals surface area contributed by atoms with Crippen molar-refractivity contribution in [1.29, 1.82) is 0 Å². The van der Waals surface area contributed by atoms with E-state index in [1.165, 1.54) is 74.5 Å². The molecular weight excluding hydrogens is 328 g/mol. The second-order valence-corrected chi connectivity index (χ2v) is 8.39. The minimum atomic E-state index is 0.562. The van der Waals surface area contributed by atoms with Crippen LogP contribution in [0.1, 0.15) is 94.6 Å². The maximum atomic E-state index is 4.92. The van der Waals surface area contributed by atoms with Gasteiger partial charge in [0.05, 0.1) is 0 Å².